The average Bonchev–Trinajstić information content (AvgIpc) is 2.43. The van der Waals surface area contributed by atoms with Crippen LogP contribution in [0.2, 0.25) is 0 Å². The summed E-state index contributed by atoms with van der Waals surface area (Å²) in [6.45, 7) is 1.51. The summed E-state index contributed by atoms with van der Waals surface area (Å²) >= 11 is 0. The molecule has 0 aromatic carbocycles. The molecule has 1 aliphatic rings. The zero-order valence-electron chi connectivity index (χ0n) is 12.9. The minimum Gasteiger partial charge on any atom is -0.379 e. The van der Waals surface area contributed by atoms with E-state index in [0.29, 0.717) is 11.6 Å². The Morgan fingerprint density at radius 3 is 1.96 bits per heavy atom. The SMILES string of the molecule is Cc1cnc(C2=[C-]C(F)(F)C(F)(F)C(F)(F)C2(F)F)cc1N(C)C.[Ir]. The fraction of sp³-hybridized carbons (Fsp3) is 0.500. The van der Waals surface area contributed by atoms with Crippen LogP contribution in [0.4, 0.5) is 40.8 Å². The van der Waals surface area contributed by atoms with E-state index in [0.717, 1.165) is 12.3 Å². The molecule has 0 amide bonds. The Bertz CT molecular complexity index is 700. The predicted molar refractivity (Wildman–Crippen MR) is 69.7 cm³/mol. The number of nitrogens with zero attached hydrogens (tertiary/aromatic N) is 2. The van der Waals surface area contributed by atoms with E-state index < -0.39 is 35.0 Å². The molecule has 1 aromatic rings. The van der Waals surface area contributed by atoms with Gasteiger partial charge < -0.3 is 9.88 Å². The molecular formula is C14H11F8IrN2-. The van der Waals surface area contributed by atoms with Crippen molar-refractivity contribution in [1.82, 2.24) is 4.98 Å². The van der Waals surface area contributed by atoms with E-state index in [1.165, 1.54) is 25.9 Å². The van der Waals surface area contributed by atoms with Crippen LogP contribution in [0.25, 0.3) is 5.57 Å². The first-order valence-electron chi connectivity index (χ1n) is 6.48. The van der Waals surface area contributed by atoms with Gasteiger partial charge in [0.15, 0.2) is 0 Å². The molecule has 0 saturated carbocycles. The molecule has 25 heavy (non-hydrogen) atoms. The molecule has 1 aromatic heterocycles. The number of aromatic nitrogens is 1. The number of alkyl halides is 8. The number of hydrogen-bond acceptors (Lipinski definition) is 2. The van der Waals surface area contributed by atoms with Crippen LogP contribution < -0.4 is 4.90 Å². The Balaban J connectivity index is 0.00000312. The van der Waals surface area contributed by atoms with Crippen LogP contribution in [0.3, 0.4) is 0 Å². The predicted octanol–water partition coefficient (Wildman–Crippen LogP) is 4.19. The first-order valence-corrected chi connectivity index (χ1v) is 6.48. The van der Waals surface area contributed by atoms with Gasteiger partial charge in [0.1, 0.15) is 0 Å². The van der Waals surface area contributed by atoms with E-state index >= 15 is 0 Å². The molecule has 11 heteroatoms. The maximum Gasteiger partial charge on any atom is 0.378 e. The Hall–Kier alpha value is -1.22. The van der Waals surface area contributed by atoms with Crippen LogP contribution >= 0.6 is 0 Å². The van der Waals surface area contributed by atoms with Gasteiger partial charge in [-0.1, -0.05) is 11.8 Å². The molecule has 1 aliphatic carbocycles. The normalized spacial score (nSPS) is 22.6. The standard InChI is InChI=1S/C14H11F8N2.Ir/c1-7-6-23-9(4-10(7)24(2)3)8-5-11(15,16)13(19,20)14(21,22)12(8,17)18;/h4,6H,1-3H3;/q-1;. The van der Waals surface area contributed by atoms with Gasteiger partial charge in [-0.2, -0.15) is 32.4 Å². The Labute approximate surface area is 151 Å². The number of pyridine rings is 1. The molecule has 0 spiro atoms. The summed E-state index contributed by atoms with van der Waals surface area (Å²) in [5, 5.41) is 0. The van der Waals surface area contributed by atoms with E-state index in [-0.39, 0.29) is 25.8 Å². The van der Waals surface area contributed by atoms with Gasteiger partial charge in [0.2, 0.25) is 0 Å². The largest absolute Gasteiger partial charge is 0.379 e. The van der Waals surface area contributed by atoms with E-state index in [1.807, 2.05) is 0 Å². The molecular weight excluding hydrogens is 540 g/mol. The topological polar surface area (TPSA) is 16.1 Å². The van der Waals surface area contributed by atoms with Gasteiger partial charge >= 0.3 is 17.8 Å². The second-order valence-corrected chi connectivity index (χ2v) is 5.55. The third-order valence-electron chi connectivity index (χ3n) is 3.59. The number of aryl methyl sites for hydroxylation is 1. The van der Waals surface area contributed by atoms with Crippen molar-refractivity contribution in [1.29, 1.82) is 0 Å². The van der Waals surface area contributed by atoms with Crippen LogP contribution in [-0.4, -0.2) is 42.8 Å². The quantitative estimate of drug-likeness (QED) is 0.405. The summed E-state index contributed by atoms with van der Waals surface area (Å²) in [6, 6.07) is 0.835. The van der Waals surface area contributed by atoms with Crippen molar-refractivity contribution in [2.75, 3.05) is 19.0 Å². The molecule has 0 fully saturated rings. The van der Waals surface area contributed by atoms with Crippen molar-refractivity contribution < 1.29 is 55.2 Å². The van der Waals surface area contributed by atoms with Crippen molar-refractivity contribution in [2.45, 2.75) is 30.6 Å². The van der Waals surface area contributed by atoms with Gasteiger partial charge in [0.25, 0.3) is 5.92 Å². The Morgan fingerprint density at radius 1 is 0.960 bits per heavy atom. The van der Waals surface area contributed by atoms with E-state index in [2.05, 4.69) is 4.98 Å². The number of rotatable bonds is 2. The summed E-state index contributed by atoms with van der Waals surface area (Å²) < 4.78 is 108. The zero-order chi connectivity index (χ0) is 18.7. The van der Waals surface area contributed by atoms with Gasteiger partial charge in [-0.3, -0.25) is 0 Å². The molecule has 2 nitrogen and oxygen atoms in total. The third kappa shape index (κ3) is 2.95. The van der Waals surface area contributed by atoms with Gasteiger partial charge in [-0.25, -0.2) is 8.78 Å². The minimum absolute atomic E-state index is 0. The van der Waals surface area contributed by atoms with Crippen LogP contribution in [0, 0.1) is 13.0 Å². The smallest absolute Gasteiger partial charge is 0.378 e. The van der Waals surface area contributed by atoms with Crippen molar-refractivity contribution in [3.8, 4) is 0 Å². The molecule has 0 bridgehead atoms. The maximum atomic E-state index is 13.9. The number of hydrogen-bond donors (Lipinski definition) is 0. The monoisotopic (exact) mass is 552 g/mol. The van der Waals surface area contributed by atoms with Gasteiger partial charge in [0.05, 0.1) is 0 Å². The van der Waals surface area contributed by atoms with Gasteiger partial charge in [0, 0.05) is 46.1 Å². The van der Waals surface area contributed by atoms with Crippen molar-refractivity contribution in [2.24, 2.45) is 0 Å². The first-order chi connectivity index (χ1) is 10.7. The molecule has 1 heterocycles. The zero-order valence-corrected chi connectivity index (χ0v) is 15.3. The van der Waals surface area contributed by atoms with Gasteiger partial charge in [-0.05, 0) is 12.5 Å². The molecule has 0 atom stereocenters. The van der Waals surface area contributed by atoms with Gasteiger partial charge in [-0.15, -0.1) is 5.57 Å². The van der Waals surface area contributed by atoms with E-state index in [1.54, 1.807) is 0 Å². The maximum absolute atomic E-state index is 13.9. The molecule has 0 aliphatic heterocycles. The second-order valence-electron chi connectivity index (χ2n) is 5.55. The molecule has 2 rings (SSSR count). The Kier molecular flexibility index (Phi) is 5.40. The summed E-state index contributed by atoms with van der Waals surface area (Å²) in [5.74, 6) is -23.8. The summed E-state index contributed by atoms with van der Waals surface area (Å²) in [5.41, 5.74) is -2.39. The molecule has 0 N–H and O–H groups in total. The summed E-state index contributed by atoms with van der Waals surface area (Å²) in [4.78, 5) is 4.80. The fourth-order valence-corrected chi connectivity index (χ4v) is 2.22. The van der Waals surface area contributed by atoms with Crippen molar-refractivity contribution >= 4 is 11.3 Å². The van der Waals surface area contributed by atoms with Crippen LogP contribution in [-0.2, 0) is 20.1 Å². The molecule has 0 saturated heterocycles. The molecule has 143 valence electrons. The number of allylic oxidation sites excluding steroid dienone is 2. The van der Waals surface area contributed by atoms with Crippen LogP contribution in [0.15, 0.2) is 12.3 Å². The van der Waals surface area contributed by atoms with Crippen LogP contribution in [0.5, 0.6) is 0 Å². The molecule has 0 unspecified atom stereocenters. The van der Waals surface area contributed by atoms with Crippen molar-refractivity contribution in [3.05, 3.63) is 29.6 Å². The molecule has 1 radical (unpaired) electrons. The number of halogens is 8. The fourth-order valence-electron chi connectivity index (χ4n) is 2.22. The average molecular weight is 551 g/mol. The van der Waals surface area contributed by atoms with Crippen LogP contribution in [0.1, 0.15) is 11.3 Å². The van der Waals surface area contributed by atoms with E-state index in [9.17, 15) is 35.1 Å². The Morgan fingerprint density at radius 2 is 1.48 bits per heavy atom. The van der Waals surface area contributed by atoms with E-state index in [4.69, 9.17) is 0 Å². The number of anilines is 1. The summed E-state index contributed by atoms with van der Waals surface area (Å²) in [6.07, 6.45) is 1.54. The minimum atomic E-state index is -6.31. The second kappa shape index (κ2) is 6.19. The summed E-state index contributed by atoms with van der Waals surface area (Å²) in [7, 11) is 2.97. The first kappa shape index (κ1) is 21.8. The van der Waals surface area contributed by atoms with Crippen molar-refractivity contribution in [3.63, 3.8) is 0 Å². The third-order valence-corrected chi connectivity index (χ3v) is 3.59.